The van der Waals surface area contributed by atoms with Gasteiger partial charge in [0.15, 0.2) is 0 Å². The van der Waals surface area contributed by atoms with Crippen LogP contribution in [-0.2, 0) is 16.0 Å². The fraction of sp³-hybridized carbons (Fsp3) is 0.250. The highest BCUT2D eigenvalue weighted by molar-refractivity contribution is 7.07. The van der Waals surface area contributed by atoms with Gasteiger partial charge in [0, 0.05) is 6.42 Å². The number of Topliss-reactive ketones (excluding diaryl/α,β-unsaturated/α-hetero) is 1. The molecule has 4 heteroatoms. The van der Waals surface area contributed by atoms with Crippen LogP contribution in [0.3, 0.4) is 0 Å². The number of aryl methyl sites for hydroxylation is 1. The zero-order valence-electron chi connectivity index (χ0n) is 6.32. The summed E-state index contributed by atoms with van der Waals surface area (Å²) in [6.07, 6.45) is 0.612. The van der Waals surface area contributed by atoms with E-state index < -0.39 is 11.8 Å². The first kappa shape index (κ1) is 8.93. The fourth-order valence-corrected chi connectivity index (χ4v) is 1.50. The van der Waals surface area contributed by atoms with Crippen LogP contribution in [0.15, 0.2) is 16.8 Å². The van der Waals surface area contributed by atoms with E-state index in [1.807, 2.05) is 16.8 Å². The molecule has 64 valence electrons. The Bertz CT molecular complexity index is 277. The third kappa shape index (κ3) is 2.47. The zero-order chi connectivity index (χ0) is 8.97. The quantitative estimate of drug-likeness (QED) is 0.718. The molecule has 0 saturated heterocycles. The van der Waals surface area contributed by atoms with Gasteiger partial charge in [-0.25, -0.2) is 4.79 Å². The zero-order valence-corrected chi connectivity index (χ0v) is 7.13. The first-order chi connectivity index (χ1) is 5.70. The minimum Gasteiger partial charge on any atom is -0.476 e. The summed E-state index contributed by atoms with van der Waals surface area (Å²) in [5, 5.41) is 12.1. The standard InChI is InChI=1S/C8H8O3S/c9-7(8(10)11)2-1-6-3-4-12-5-6/h3-5H,1-2H2,(H,10,11). The van der Waals surface area contributed by atoms with Crippen LogP contribution in [0.5, 0.6) is 0 Å². The molecule has 0 atom stereocenters. The molecule has 0 unspecified atom stereocenters. The number of rotatable bonds is 4. The van der Waals surface area contributed by atoms with Crippen LogP contribution in [0.1, 0.15) is 12.0 Å². The van der Waals surface area contributed by atoms with E-state index >= 15 is 0 Å². The van der Waals surface area contributed by atoms with E-state index in [2.05, 4.69) is 0 Å². The van der Waals surface area contributed by atoms with Gasteiger partial charge in [-0.1, -0.05) is 0 Å². The SMILES string of the molecule is O=C(O)C(=O)CCc1ccsc1. The van der Waals surface area contributed by atoms with Crippen molar-refractivity contribution in [3.8, 4) is 0 Å². The van der Waals surface area contributed by atoms with E-state index in [9.17, 15) is 9.59 Å². The summed E-state index contributed by atoms with van der Waals surface area (Å²) in [5.74, 6) is -2.06. The lowest BCUT2D eigenvalue weighted by Gasteiger charge is -1.92. The Balaban J connectivity index is 2.37. The average molecular weight is 184 g/mol. The largest absolute Gasteiger partial charge is 0.476 e. The van der Waals surface area contributed by atoms with Gasteiger partial charge in [-0.3, -0.25) is 4.79 Å². The molecule has 3 nitrogen and oxygen atoms in total. The Labute approximate surface area is 73.6 Å². The highest BCUT2D eigenvalue weighted by atomic mass is 32.1. The van der Waals surface area contributed by atoms with Crippen molar-refractivity contribution in [2.24, 2.45) is 0 Å². The van der Waals surface area contributed by atoms with E-state index in [1.54, 1.807) is 11.3 Å². The Morgan fingerprint density at radius 2 is 2.25 bits per heavy atom. The number of carbonyl (C=O) groups is 2. The lowest BCUT2D eigenvalue weighted by atomic mass is 10.1. The van der Waals surface area contributed by atoms with Crippen LogP contribution >= 0.6 is 11.3 Å². The minimum atomic E-state index is -1.34. The maximum absolute atomic E-state index is 10.6. The molecule has 0 fully saturated rings. The summed E-state index contributed by atoms with van der Waals surface area (Å²) in [5.41, 5.74) is 1.02. The van der Waals surface area contributed by atoms with Crippen molar-refractivity contribution >= 4 is 23.1 Å². The van der Waals surface area contributed by atoms with Gasteiger partial charge in [0.1, 0.15) is 0 Å². The predicted molar refractivity (Wildman–Crippen MR) is 45.3 cm³/mol. The number of hydrogen-bond acceptors (Lipinski definition) is 3. The van der Waals surface area contributed by atoms with Crippen molar-refractivity contribution in [3.05, 3.63) is 22.4 Å². The number of carboxylic acid groups (broad SMARTS) is 1. The molecule has 0 radical (unpaired) electrons. The second-order valence-corrected chi connectivity index (χ2v) is 3.14. The van der Waals surface area contributed by atoms with E-state index in [0.29, 0.717) is 6.42 Å². The summed E-state index contributed by atoms with van der Waals surface area (Å²) in [6, 6.07) is 1.89. The molecule has 0 aromatic carbocycles. The topological polar surface area (TPSA) is 54.4 Å². The lowest BCUT2D eigenvalue weighted by molar-refractivity contribution is -0.149. The molecule has 0 bridgehead atoms. The van der Waals surface area contributed by atoms with E-state index in [1.165, 1.54) is 0 Å². The van der Waals surface area contributed by atoms with Crippen LogP contribution in [0.4, 0.5) is 0 Å². The molecule has 0 saturated carbocycles. The highest BCUT2D eigenvalue weighted by Gasteiger charge is 2.10. The van der Waals surface area contributed by atoms with Crippen molar-refractivity contribution < 1.29 is 14.7 Å². The molecule has 0 aliphatic heterocycles. The Hall–Kier alpha value is -1.16. The lowest BCUT2D eigenvalue weighted by Crippen LogP contribution is -2.12. The van der Waals surface area contributed by atoms with Crippen molar-refractivity contribution in [1.82, 2.24) is 0 Å². The molecule has 1 rings (SSSR count). The minimum absolute atomic E-state index is 0.0894. The number of aliphatic carboxylic acids is 1. The van der Waals surface area contributed by atoms with Crippen LogP contribution < -0.4 is 0 Å². The average Bonchev–Trinajstić information content (AvgIpc) is 2.51. The Kier molecular flexibility index (Phi) is 2.99. The summed E-state index contributed by atoms with van der Waals surface area (Å²) in [4.78, 5) is 20.8. The van der Waals surface area contributed by atoms with Crippen molar-refractivity contribution in [2.45, 2.75) is 12.8 Å². The molecular weight excluding hydrogens is 176 g/mol. The van der Waals surface area contributed by atoms with Crippen molar-refractivity contribution in [2.75, 3.05) is 0 Å². The van der Waals surface area contributed by atoms with Gasteiger partial charge < -0.3 is 5.11 Å². The number of carboxylic acids is 1. The van der Waals surface area contributed by atoms with Gasteiger partial charge in [0.05, 0.1) is 0 Å². The van der Waals surface area contributed by atoms with Gasteiger partial charge in [-0.2, -0.15) is 11.3 Å². The number of ketones is 1. The third-order valence-corrected chi connectivity index (χ3v) is 2.19. The summed E-state index contributed by atoms with van der Waals surface area (Å²) < 4.78 is 0. The maximum atomic E-state index is 10.6. The van der Waals surface area contributed by atoms with Crippen LogP contribution in [0, 0.1) is 0 Å². The van der Waals surface area contributed by atoms with Crippen molar-refractivity contribution in [3.63, 3.8) is 0 Å². The number of thiophene rings is 1. The van der Waals surface area contributed by atoms with Gasteiger partial charge in [-0.05, 0) is 28.8 Å². The molecule has 1 aromatic rings. The first-order valence-corrected chi connectivity index (χ1v) is 4.41. The first-order valence-electron chi connectivity index (χ1n) is 3.47. The molecule has 1 heterocycles. The van der Waals surface area contributed by atoms with Gasteiger partial charge >= 0.3 is 5.97 Å². The van der Waals surface area contributed by atoms with Crippen LogP contribution in [0.25, 0.3) is 0 Å². The van der Waals surface area contributed by atoms with Crippen LogP contribution in [0.2, 0.25) is 0 Å². The van der Waals surface area contributed by atoms with E-state index in [4.69, 9.17) is 5.11 Å². The molecule has 12 heavy (non-hydrogen) atoms. The monoisotopic (exact) mass is 184 g/mol. The Morgan fingerprint density at radius 1 is 1.50 bits per heavy atom. The van der Waals surface area contributed by atoms with Gasteiger partial charge in [-0.15, -0.1) is 0 Å². The third-order valence-electron chi connectivity index (χ3n) is 1.46. The molecular formula is C8H8O3S. The molecule has 0 aliphatic rings. The molecule has 1 N–H and O–H groups in total. The van der Waals surface area contributed by atoms with Crippen molar-refractivity contribution in [1.29, 1.82) is 0 Å². The second-order valence-electron chi connectivity index (χ2n) is 2.36. The summed E-state index contributed by atoms with van der Waals surface area (Å²) in [6.45, 7) is 0. The van der Waals surface area contributed by atoms with E-state index in [0.717, 1.165) is 5.56 Å². The second kappa shape index (κ2) is 4.01. The maximum Gasteiger partial charge on any atom is 0.372 e. The van der Waals surface area contributed by atoms with Gasteiger partial charge in [0.25, 0.3) is 0 Å². The van der Waals surface area contributed by atoms with Gasteiger partial charge in [0.2, 0.25) is 5.78 Å². The smallest absolute Gasteiger partial charge is 0.372 e. The molecule has 0 amide bonds. The molecule has 0 aliphatic carbocycles. The number of hydrogen-bond donors (Lipinski definition) is 1. The summed E-state index contributed by atoms with van der Waals surface area (Å²) in [7, 11) is 0. The van der Waals surface area contributed by atoms with E-state index in [-0.39, 0.29) is 6.42 Å². The number of carbonyl (C=O) groups excluding carboxylic acids is 1. The summed E-state index contributed by atoms with van der Waals surface area (Å²) >= 11 is 1.54. The normalized spacial score (nSPS) is 9.67. The molecule has 1 aromatic heterocycles. The highest BCUT2D eigenvalue weighted by Crippen LogP contribution is 2.08. The molecule has 0 spiro atoms. The predicted octanol–water partition coefficient (Wildman–Crippen LogP) is 1.33. The fourth-order valence-electron chi connectivity index (χ4n) is 0.800. The Morgan fingerprint density at radius 3 is 2.75 bits per heavy atom. The van der Waals surface area contributed by atoms with Crippen LogP contribution in [-0.4, -0.2) is 16.9 Å².